The van der Waals surface area contributed by atoms with Gasteiger partial charge in [0.15, 0.2) is 0 Å². The summed E-state index contributed by atoms with van der Waals surface area (Å²) in [4.78, 5) is 0. The monoisotopic (exact) mass is 113 g/mol. The van der Waals surface area contributed by atoms with Crippen molar-refractivity contribution in [3.63, 3.8) is 0 Å². The SMILES string of the molecule is CN(C)N(C)CC#N. The molecule has 0 aliphatic rings. The second-order valence-electron chi connectivity index (χ2n) is 1.82. The molecule has 0 radical (unpaired) electrons. The van der Waals surface area contributed by atoms with Crippen LogP contribution in [0.3, 0.4) is 0 Å². The Labute approximate surface area is 50.1 Å². The average Bonchev–Trinajstić information content (AvgIpc) is 1.67. The Balaban J connectivity index is 3.35. The summed E-state index contributed by atoms with van der Waals surface area (Å²) < 4.78 is 0. The van der Waals surface area contributed by atoms with Crippen LogP contribution in [0.4, 0.5) is 0 Å². The van der Waals surface area contributed by atoms with Gasteiger partial charge >= 0.3 is 0 Å². The molecule has 0 aliphatic carbocycles. The van der Waals surface area contributed by atoms with Crippen LogP contribution >= 0.6 is 0 Å². The molecule has 0 unspecified atom stereocenters. The lowest BCUT2D eigenvalue weighted by Crippen LogP contribution is -2.33. The molecule has 0 aliphatic heterocycles. The summed E-state index contributed by atoms with van der Waals surface area (Å²) in [5.41, 5.74) is 0. The van der Waals surface area contributed by atoms with Gasteiger partial charge in [0, 0.05) is 21.1 Å². The maximum atomic E-state index is 8.17. The minimum atomic E-state index is 0.451. The van der Waals surface area contributed by atoms with E-state index >= 15 is 0 Å². The van der Waals surface area contributed by atoms with Gasteiger partial charge < -0.3 is 0 Å². The first kappa shape index (κ1) is 7.41. The standard InChI is InChI=1S/C5H11N3/c1-7(2)8(3)5-4-6/h5H2,1-3H3. The van der Waals surface area contributed by atoms with Gasteiger partial charge in [-0.25, -0.2) is 10.0 Å². The van der Waals surface area contributed by atoms with Crippen molar-refractivity contribution in [3.8, 4) is 6.07 Å². The van der Waals surface area contributed by atoms with Crippen molar-refractivity contribution in [1.82, 2.24) is 10.0 Å². The van der Waals surface area contributed by atoms with Gasteiger partial charge in [-0.05, 0) is 0 Å². The summed E-state index contributed by atoms with van der Waals surface area (Å²) in [5, 5.41) is 11.9. The molecule has 0 saturated heterocycles. The van der Waals surface area contributed by atoms with Gasteiger partial charge in [-0.1, -0.05) is 0 Å². The second-order valence-corrected chi connectivity index (χ2v) is 1.82. The van der Waals surface area contributed by atoms with Crippen molar-refractivity contribution >= 4 is 0 Å². The molecule has 0 bridgehead atoms. The van der Waals surface area contributed by atoms with Gasteiger partial charge in [-0.2, -0.15) is 5.26 Å². The Morgan fingerprint density at radius 2 is 1.88 bits per heavy atom. The highest BCUT2D eigenvalue weighted by Crippen LogP contribution is 1.80. The maximum absolute atomic E-state index is 8.17. The van der Waals surface area contributed by atoms with Crippen LogP contribution in [-0.2, 0) is 0 Å². The molecule has 0 spiro atoms. The molecule has 0 aromatic carbocycles. The zero-order valence-corrected chi connectivity index (χ0v) is 5.55. The summed E-state index contributed by atoms with van der Waals surface area (Å²) in [6.45, 7) is 0.451. The highest BCUT2D eigenvalue weighted by molar-refractivity contribution is 4.71. The predicted octanol–water partition coefficient (Wildman–Crippen LogP) is -0.0816. The fourth-order valence-electron chi connectivity index (χ4n) is 0.244. The number of rotatable bonds is 2. The highest BCUT2D eigenvalue weighted by Gasteiger charge is 1.95. The van der Waals surface area contributed by atoms with Crippen molar-refractivity contribution in [2.45, 2.75) is 0 Å². The van der Waals surface area contributed by atoms with E-state index in [1.165, 1.54) is 0 Å². The smallest absolute Gasteiger partial charge is 0.100 e. The van der Waals surface area contributed by atoms with Crippen molar-refractivity contribution in [3.05, 3.63) is 0 Å². The van der Waals surface area contributed by atoms with Crippen LogP contribution in [0, 0.1) is 11.3 Å². The minimum absolute atomic E-state index is 0.451. The van der Waals surface area contributed by atoms with Gasteiger partial charge in [0.25, 0.3) is 0 Å². The largest absolute Gasteiger partial charge is 0.247 e. The normalized spacial score (nSPS) is 10.0. The van der Waals surface area contributed by atoms with E-state index in [9.17, 15) is 0 Å². The van der Waals surface area contributed by atoms with Crippen molar-refractivity contribution in [2.75, 3.05) is 27.7 Å². The van der Waals surface area contributed by atoms with E-state index in [0.717, 1.165) is 0 Å². The van der Waals surface area contributed by atoms with Crippen LogP contribution in [0.1, 0.15) is 0 Å². The first-order valence-corrected chi connectivity index (χ1v) is 2.44. The van der Waals surface area contributed by atoms with Crippen LogP contribution in [0.15, 0.2) is 0 Å². The third-order valence-electron chi connectivity index (χ3n) is 0.982. The zero-order valence-electron chi connectivity index (χ0n) is 5.55. The van der Waals surface area contributed by atoms with Gasteiger partial charge in [0.05, 0.1) is 6.07 Å². The lowest BCUT2D eigenvalue weighted by atomic mass is 10.7. The van der Waals surface area contributed by atoms with E-state index in [0.29, 0.717) is 6.54 Å². The van der Waals surface area contributed by atoms with E-state index in [1.807, 2.05) is 37.2 Å². The quantitative estimate of drug-likeness (QED) is 0.370. The molecule has 0 fully saturated rings. The molecule has 0 amide bonds. The second kappa shape index (κ2) is 3.42. The number of nitriles is 1. The molecule has 0 N–H and O–H groups in total. The lowest BCUT2D eigenvalue weighted by molar-refractivity contribution is 0.0725. The number of hydrazine groups is 1. The number of hydrogen-bond donors (Lipinski definition) is 0. The molecule has 0 aromatic rings. The third-order valence-corrected chi connectivity index (χ3v) is 0.982. The molecule has 0 heterocycles. The Hall–Kier alpha value is -0.590. The number of nitrogens with zero attached hydrogens (tertiary/aromatic N) is 3. The van der Waals surface area contributed by atoms with Crippen LogP contribution in [0.25, 0.3) is 0 Å². The van der Waals surface area contributed by atoms with Gasteiger partial charge in [-0.3, -0.25) is 0 Å². The predicted molar refractivity (Wildman–Crippen MR) is 31.9 cm³/mol. The minimum Gasteiger partial charge on any atom is -0.247 e. The van der Waals surface area contributed by atoms with Crippen molar-refractivity contribution in [2.24, 2.45) is 0 Å². The number of hydrogen-bond acceptors (Lipinski definition) is 3. The first-order valence-electron chi connectivity index (χ1n) is 2.44. The fraction of sp³-hybridized carbons (Fsp3) is 0.800. The topological polar surface area (TPSA) is 30.3 Å². The molecular formula is C5H11N3. The summed E-state index contributed by atoms with van der Waals surface area (Å²) in [5.74, 6) is 0. The fourth-order valence-corrected chi connectivity index (χ4v) is 0.244. The van der Waals surface area contributed by atoms with Crippen molar-refractivity contribution < 1.29 is 0 Å². The van der Waals surface area contributed by atoms with Crippen LogP contribution in [-0.4, -0.2) is 37.7 Å². The van der Waals surface area contributed by atoms with Gasteiger partial charge in [0.1, 0.15) is 6.54 Å². The zero-order chi connectivity index (χ0) is 6.57. The summed E-state index contributed by atoms with van der Waals surface area (Å²) >= 11 is 0. The van der Waals surface area contributed by atoms with Crippen LogP contribution in [0.2, 0.25) is 0 Å². The van der Waals surface area contributed by atoms with E-state index < -0.39 is 0 Å². The molecule has 3 heteroatoms. The van der Waals surface area contributed by atoms with E-state index in [-0.39, 0.29) is 0 Å². The van der Waals surface area contributed by atoms with Crippen LogP contribution in [0.5, 0.6) is 0 Å². The van der Waals surface area contributed by atoms with Crippen molar-refractivity contribution in [1.29, 1.82) is 5.26 Å². The van der Waals surface area contributed by atoms with Crippen LogP contribution < -0.4 is 0 Å². The molecule has 0 aromatic heterocycles. The first-order chi connectivity index (χ1) is 3.68. The molecular weight excluding hydrogens is 102 g/mol. The Morgan fingerprint density at radius 1 is 1.38 bits per heavy atom. The molecule has 46 valence electrons. The maximum Gasteiger partial charge on any atom is 0.100 e. The van der Waals surface area contributed by atoms with E-state index in [1.54, 1.807) is 0 Å². The summed E-state index contributed by atoms with van der Waals surface area (Å²) in [6, 6.07) is 2.03. The lowest BCUT2D eigenvalue weighted by Gasteiger charge is -2.20. The summed E-state index contributed by atoms with van der Waals surface area (Å²) in [7, 11) is 5.66. The van der Waals surface area contributed by atoms with E-state index in [2.05, 4.69) is 0 Å². The molecule has 0 atom stereocenters. The molecule has 8 heavy (non-hydrogen) atoms. The Kier molecular flexibility index (Phi) is 3.16. The Morgan fingerprint density at radius 3 is 2.00 bits per heavy atom. The third kappa shape index (κ3) is 2.56. The van der Waals surface area contributed by atoms with Gasteiger partial charge in [0.2, 0.25) is 0 Å². The Bertz CT molecular complexity index is 92.3. The molecule has 0 rings (SSSR count). The highest BCUT2D eigenvalue weighted by atomic mass is 15.6. The molecule has 3 nitrogen and oxygen atoms in total. The van der Waals surface area contributed by atoms with E-state index in [4.69, 9.17) is 5.26 Å². The molecule has 0 saturated carbocycles. The summed E-state index contributed by atoms with van der Waals surface area (Å²) in [6.07, 6.45) is 0. The van der Waals surface area contributed by atoms with Gasteiger partial charge in [-0.15, -0.1) is 0 Å². The average molecular weight is 113 g/mol.